The third-order valence-corrected chi connectivity index (χ3v) is 8.55. The number of hydrogen-bond acceptors (Lipinski definition) is 10. The van der Waals surface area contributed by atoms with Crippen LogP contribution in [0, 0.1) is 6.92 Å². The number of aryl methyl sites for hydroxylation is 1. The SMILES string of the molecule is Cc1ccc(C2/C(=C(\O)c3ccc4c(c3)OCCO4)C(=O)C(=O)N2c2nnc(SCc3ccc(Cl)cc3)s2)o1. The standard InChI is InChI=1S/C27H20ClN3O6S2/c1-14-2-8-19(37-14)22-21(23(32)16-5-9-18-20(12-16)36-11-10-35-18)24(33)25(34)31(22)26-29-30-27(39-26)38-13-15-3-6-17(28)7-4-15/h2-9,12,22,32H,10-11,13H2,1H3/b23-21+. The minimum atomic E-state index is -1.03. The van der Waals surface area contributed by atoms with Crippen molar-refractivity contribution in [1.82, 2.24) is 10.2 Å². The second-order valence-electron chi connectivity index (χ2n) is 8.74. The average molecular weight is 582 g/mol. The Morgan fingerprint density at radius 1 is 1.08 bits per heavy atom. The molecule has 2 aromatic carbocycles. The largest absolute Gasteiger partial charge is 0.507 e. The van der Waals surface area contributed by atoms with Gasteiger partial charge in [-0.3, -0.25) is 14.5 Å². The van der Waals surface area contributed by atoms with Gasteiger partial charge >= 0.3 is 5.91 Å². The lowest BCUT2D eigenvalue weighted by molar-refractivity contribution is -0.132. The van der Waals surface area contributed by atoms with E-state index in [2.05, 4.69) is 10.2 Å². The molecule has 1 fully saturated rings. The van der Waals surface area contributed by atoms with Crippen LogP contribution < -0.4 is 14.4 Å². The number of aliphatic hydroxyl groups is 1. The van der Waals surface area contributed by atoms with E-state index in [0.29, 0.717) is 56.9 Å². The molecule has 1 saturated heterocycles. The van der Waals surface area contributed by atoms with Crippen LogP contribution in [0.25, 0.3) is 5.76 Å². The number of benzene rings is 2. The Balaban J connectivity index is 1.36. The Labute approximate surface area is 236 Å². The summed E-state index contributed by atoms with van der Waals surface area (Å²) in [4.78, 5) is 28.0. The van der Waals surface area contributed by atoms with Crippen LogP contribution in [0.4, 0.5) is 5.13 Å². The highest BCUT2D eigenvalue weighted by Crippen LogP contribution is 2.45. The van der Waals surface area contributed by atoms with Crippen molar-refractivity contribution in [3.8, 4) is 11.5 Å². The second-order valence-corrected chi connectivity index (χ2v) is 11.4. The van der Waals surface area contributed by atoms with Gasteiger partial charge in [-0.15, -0.1) is 10.2 Å². The molecule has 1 N–H and O–H groups in total. The van der Waals surface area contributed by atoms with Gasteiger partial charge < -0.3 is 19.0 Å². The van der Waals surface area contributed by atoms with Crippen molar-refractivity contribution >= 4 is 57.3 Å². The summed E-state index contributed by atoms with van der Waals surface area (Å²) in [6.45, 7) is 2.54. The number of ether oxygens (including phenoxy) is 2. The highest BCUT2D eigenvalue weighted by molar-refractivity contribution is 8.00. The molecule has 6 rings (SSSR count). The maximum atomic E-state index is 13.4. The first-order chi connectivity index (χ1) is 18.9. The quantitative estimate of drug-likeness (QED) is 0.0994. The molecular formula is C27H20ClN3O6S2. The first-order valence-electron chi connectivity index (χ1n) is 11.9. The summed E-state index contributed by atoms with van der Waals surface area (Å²) in [5, 5.41) is 20.7. The number of carbonyl (C=O) groups is 2. The molecule has 0 saturated carbocycles. The minimum absolute atomic E-state index is 0.114. The van der Waals surface area contributed by atoms with E-state index in [1.807, 2.05) is 24.3 Å². The average Bonchev–Trinajstić information content (AvgIpc) is 3.66. The highest BCUT2D eigenvalue weighted by atomic mass is 35.5. The van der Waals surface area contributed by atoms with Gasteiger partial charge in [0.05, 0.1) is 5.57 Å². The number of rotatable bonds is 6. The molecule has 198 valence electrons. The summed E-state index contributed by atoms with van der Waals surface area (Å²) in [5.41, 5.74) is 1.24. The van der Waals surface area contributed by atoms with Crippen LogP contribution >= 0.6 is 34.7 Å². The van der Waals surface area contributed by atoms with Gasteiger partial charge in [0.2, 0.25) is 5.13 Å². The molecule has 12 heteroatoms. The maximum Gasteiger partial charge on any atom is 0.302 e. The molecule has 2 aromatic heterocycles. The number of anilines is 1. The van der Waals surface area contributed by atoms with E-state index >= 15 is 0 Å². The van der Waals surface area contributed by atoms with Gasteiger partial charge in [0.1, 0.15) is 36.5 Å². The fraction of sp³-hybridized carbons (Fsp3) is 0.185. The normalized spacial score (nSPS) is 18.1. The highest BCUT2D eigenvalue weighted by Gasteiger charge is 2.50. The number of aliphatic hydroxyl groups excluding tert-OH is 1. The second kappa shape index (κ2) is 10.4. The van der Waals surface area contributed by atoms with Crippen molar-refractivity contribution in [3.63, 3.8) is 0 Å². The Morgan fingerprint density at radius 2 is 1.85 bits per heavy atom. The molecule has 2 aliphatic rings. The van der Waals surface area contributed by atoms with E-state index in [9.17, 15) is 14.7 Å². The molecule has 0 aliphatic carbocycles. The molecule has 0 spiro atoms. The van der Waals surface area contributed by atoms with Crippen LogP contribution in [0.1, 0.15) is 28.7 Å². The van der Waals surface area contributed by atoms with E-state index < -0.39 is 17.7 Å². The number of furan rings is 1. The lowest BCUT2D eigenvalue weighted by Gasteiger charge is -2.21. The Bertz CT molecular complexity index is 1610. The zero-order valence-electron chi connectivity index (χ0n) is 20.4. The van der Waals surface area contributed by atoms with Gasteiger partial charge in [0, 0.05) is 16.3 Å². The molecule has 0 radical (unpaired) electrons. The van der Waals surface area contributed by atoms with Crippen LogP contribution in [0.2, 0.25) is 5.02 Å². The maximum absolute atomic E-state index is 13.4. The first kappa shape index (κ1) is 25.5. The summed E-state index contributed by atoms with van der Waals surface area (Å²) in [6.07, 6.45) is 0. The van der Waals surface area contributed by atoms with Crippen molar-refractivity contribution in [2.75, 3.05) is 18.1 Å². The van der Waals surface area contributed by atoms with Crippen molar-refractivity contribution in [1.29, 1.82) is 0 Å². The lowest BCUT2D eigenvalue weighted by atomic mass is 9.99. The van der Waals surface area contributed by atoms with E-state index in [4.69, 9.17) is 25.5 Å². The lowest BCUT2D eigenvalue weighted by Crippen LogP contribution is -2.29. The predicted molar refractivity (Wildman–Crippen MR) is 147 cm³/mol. The number of amides is 1. The van der Waals surface area contributed by atoms with Crippen LogP contribution in [-0.4, -0.2) is 40.2 Å². The Hall–Kier alpha value is -3.80. The molecule has 1 unspecified atom stereocenters. The third-order valence-electron chi connectivity index (χ3n) is 6.17. The number of halogens is 1. The molecule has 39 heavy (non-hydrogen) atoms. The van der Waals surface area contributed by atoms with Crippen LogP contribution in [0.3, 0.4) is 0 Å². The number of Topliss-reactive ketones (excluding diaryl/α,β-unsaturated/α-hetero) is 1. The molecule has 1 atom stereocenters. The summed E-state index contributed by atoms with van der Waals surface area (Å²) in [5.74, 6) is 0.461. The summed E-state index contributed by atoms with van der Waals surface area (Å²) in [6, 6.07) is 14.7. The zero-order valence-corrected chi connectivity index (χ0v) is 22.8. The van der Waals surface area contributed by atoms with Crippen LogP contribution in [0.5, 0.6) is 11.5 Å². The van der Waals surface area contributed by atoms with Crippen LogP contribution in [0.15, 0.2) is 68.9 Å². The minimum Gasteiger partial charge on any atom is -0.507 e. The fourth-order valence-electron chi connectivity index (χ4n) is 4.33. The number of carbonyl (C=O) groups excluding carboxylic acids is 2. The number of hydrogen-bond donors (Lipinski definition) is 1. The van der Waals surface area contributed by atoms with E-state index in [1.165, 1.54) is 28.0 Å². The molecule has 9 nitrogen and oxygen atoms in total. The van der Waals surface area contributed by atoms with Gasteiger partial charge in [-0.25, -0.2) is 0 Å². The van der Waals surface area contributed by atoms with E-state index in [0.717, 1.165) is 5.56 Å². The topological polar surface area (TPSA) is 115 Å². The number of ketones is 1. The summed E-state index contributed by atoms with van der Waals surface area (Å²) < 4.78 is 17.6. The zero-order chi connectivity index (χ0) is 27.1. The van der Waals surface area contributed by atoms with Crippen molar-refractivity contribution in [3.05, 3.63) is 87.8 Å². The van der Waals surface area contributed by atoms with E-state index in [1.54, 1.807) is 37.3 Å². The predicted octanol–water partition coefficient (Wildman–Crippen LogP) is 5.78. The van der Waals surface area contributed by atoms with Crippen molar-refractivity contribution < 1.29 is 28.6 Å². The third kappa shape index (κ3) is 4.88. The smallest absolute Gasteiger partial charge is 0.302 e. The molecule has 1 amide bonds. The van der Waals surface area contributed by atoms with Gasteiger partial charge in [-0.2, -0.15) is 0 Å². The molecule has 4 aromatic rings. The number of fused-ring (bicyclic) bond motifs is 1. The molecule has 4 heterocycles. The van der Waals surface area contributed by atoms with Gasteiger partial charge in [-0.1, -0.05) is 46.8 Å². The molecule has 0 bridgehead atoms. The fourth-order valence-corrected chi connectivity index (χ4v) is 6.28. The number of aromatic nitrogens is 2. The molecule has 2 aliphatic heterocycles. The first-order valence-corrected chi connectivity index (χ1v) is 14.0. The van der Waals surface area contributed by atoms with Gasteiger partial charge in [0.15, 0.2) is 15.8 Å². The molecular weight excluding hydrogens is 562 g/mol. The van der Waals surface area contributed by atoms with Crippen molar-refractivity contribution in [2.45, 2.75) is 23.1 Å². The summed E-state index contributed by atoms with van der Waals surface area (Å²) in [7, 11) is 0. The van der Waals surface area contributed by atoms with Gasteiger partial charge in [-0.05, 0) is 55.0 Å². The Kier molecular flexibility index (Phi) is 6.79. The van der Waals surface area contributed by atoms with E-state index in [-0.39, 0.29) is 16.5 Å². The van der Waals surface area contributed by atoms with Gasteiger partial charge in [0.25, 0.3) is 5.78 Å². The van der Waals surface area contributed by atoms with Crippen molar-refractivity contribution in [2.24, 2.45) is 0 Å². The van der Waals surface area contributed by atoms with Crippen LogP contribution in [-0.2, 0) is 15.3 Å². The Morgan fingerprint density at radius 3 is 2.59 bits per heavy atom. The number of thioether (sulfide) groups is 1. The monoisotopic (exact) mass is 581 g/mol. The summed E-state index contributed by atoms with van der Waals surface area (Å²) >= 11 is 8.59. The number of nitrogens with zero attached hydrogens (tertiary/aromatic N) is 3.